The number of amides is 1. The number of piperidine rings is 1. The number of rotatable bonds is 4. The lowest BCUT2D eigenvalue weighted by molar-refractivity contribution is -0.710. The average Bonchev–Trinajstić information content (AvgIpc) is 2.48. The van der Waals surface area contributed by atoms with Gasteiger partial charge in [-0.25, -0.2) is 4.79 Å². The Bertz CT molecular complexity index is 594. The van der Waals surface area contributed by atoms with Crippen LogP contribution in [0.3, 0.4) is 0 Å². The van der Waals surface area contributed by atoms with E-state index in [1.807, 2.05) is 20.8 Å². The molecule has 24 heavy (non-hydrogen) atoms. The summed E-state index contributed by atoms with van der Waals surface area (Å²) in [6.07, 6.45) is 3.99. The highest BCUT2D eigenvalue weighted by molar-refractivity contribution is 5.68. The second kappa shape index (κ2) is 7.33. The van der Waals surface area contributed by atoms with Gasteiger partial charge in [-0.1, -0.05) is 0 Å². The van der Waals surface area contributed by atoms with Crippen molar-refractivity contribution in [1.82, 2.24) is 9.88 Å². The van der Waals surface area contributed by atoms with Gasteiger partial charge in [-0.15, -0.1) is 10.1 Å². The van der Waals surface area contributed by atoms with Crippen molar-refractivity contribution in [3.63, 3.8) is 0 Å². The first-order valence-electron chi connectivity index (χ1n) is 7.75. The quantitative estimate of drug-likeness (QED) is 0.663. The lowest BCUT2D eigenvalue weighted by Crippen LogP contribution is -2.44. The van der Waals surface area contributed by atoms with E-state index in [-0.39, 0.29) is 17.9 Å². The third-order valence-corrected chi connectivity index (χ3v) is 3.46. The summed E-state index contributed by atoms with van der Waals surface area (Å²) in [6, 6.07) is 1.50. The summed E-state index contributed by atoms with van der Waals surface area (Å²) < 4.78 is 5.36. The first kappa shape index (κ1) is 17.8. The third-order valence-electron chi connectivity index (χ3n) is 3.46. The first-order valence-corrected chi connectivity index (χ1v) is 7.75. The maximum Gasteiger partial charge on any atom is 0.410 e. The molecule has 132 valence electrons. The molecule has 1 aromatic rings. The fourth-order valence-electron chi connectivity index (χ4n) is 2.40. The molecular formula is C15H22N4O5. The number of anilines is 1. The second-order valence-electron chi connectivity index (χ2n) is 6.57. The first-order chi connectivity index (χ1) is 11.2. The summed E-state index contributed by atoms with van der Waals surface area (Å²) in [4.78, 5) is 32.7. The number of carbonyl (C=O) groups is 1. The SMILES string of the molecule is CC(C)(C)OC(=O)N1CCC(Nc2cnccc2O[N+](=O)[O-])CC1. The smallest absolute Gasteiger partial charge is 0.410 e. The summed E-state index contributed by atoms with van der Waals surface area (Å²) >= 11 is 0. The van der Waals surface area contributed by atoms with Crippen LogP contribution >= 0.6 is 0 Å². The van der Waals surface area contributed by atoms with E-state index in [1.54, 1.807) is 4.90 Å². The number of ether oxygens (including phenoxy) is 1. The van der Waals surface area contributed by atoms with Crippen LogP contribution in [0.15, 0.2) is 18.5 Å². The molecule has 9 heteroatoms. The normalized spacial score (nSPS) is 15.7. The van der Waals surface area contributed by atoms with Crippen LogP contribution in [0, 0.1) is 10.1 Å². The molecule has 1 amide bonds. The molecule has 0 unspecified atom stereocenters. The molecule has 1 fully saturated rings. The van der Waals surface area contributed by atoms with Gasteiger partial charge in [-0.2, -0.15) is 0 Å². The van der Waals surface area contributed by atoms with Gasteiger partial charge in [0.15, 0.2) is 5.75 Å². The van der Waals surface area contributed by atoms with Gasteiger partial charge in [0.25, 0.3) is 5.09 Å². The minimum Gasteiger partial charge on any atom is -0.444 e. The van der Waals surface area contributed by atoms with Crippen molar-refractivity contribution >= 4 is 11.8 Å². The van der Waals surface area contributed by atoms with Gasteiger partial charge in [-0.05, 0) is 39.7 Å². The van der Waals surface area contributed by atoms with E-state index in [9.17, 15) is 14.9 Å². The highest BCUT2D eigenvalue weighted by Crippen LogP contribution is 2.26. The average molecular weight is 338 g/mol. The van der Waals surface area contributed by atoms with Crippen molar-refractivity contribution in [1.29, 1.82) is 0 Å². The van der Waals surface area contributed by atoms with Gasteiger partial charge in [-0.3, -0.25) is 9.82 Å². The number of hydrogen-bond acceptors (Lipinski definition) is 7. The molecule has 0 spiro atoms. The van der Waals surface area contributed by atoms with E-state index >= 15 is 0 Å². The topological polar surface area (TPSA) is 107 Å². The molecule has 0 bridgehead atoms. The minimum atomic E-state index is -0.856. The summed E-state index contributed by atoms with van der Waals surface area (Å²) in [7, 11) is 0. The Hall–Kier alpha value is -2.58. The van der Waals surface area contributed by atoms with Crippen molar-refractivity contribution in [3.05, 3.63) is 28.6 Å². The Labute approximate surface area is 140 Å². The van der Waals surface area contributed by atoms with Crippen LogP contribution in [-0.2, 0) is 4.74 Å². The van der Waals surface area contributed by atoms with Crippen molar-refractivity contribution < 1.29 is 19.5 Å². The number of likely N-dealkylation sites (tertiary alicyclic amines) is 1. The molecule has 0 aliphatic carbocycles. The van der Waals surface area contributed by atoms with Gasteiger partial charge in [0, 0.05) is 25.3 Å². The van der Waals surface area contributed by atoms with E-state index in [0.29, 0.717) is 31.6 Å². The standard InChI is InChI=1S/C15H22N4O5/c1-15(2,3)23-14(20)18-8-5-11(6-9-18)17-12-10-16-7-4-13(12)24-19(21)22/h4,7,10-11,17H,5-6,8-9H2,1-3H3. The molecule has 1 aromatic heterocycles. The van der Waals surface area contributed by atoms with Crippen molar-refractivity contribution in [2.75, 3.05) is 18.4 Å². The monoisotopic (exact) mass is 338 g/mol. The van der Waals surface area contributed by atoms with E-state index in [1.165, 1.54) is 18.5 Å². The van der Waals surface area contributed by atoms with Gasteiger partial charge in [0.1, 0.15) is 5.60 Å². The van der Waals surface area contributed by atoms with Crippen LogP contribution in [0.4, 0.5) is 10.5 Å². The number of carbonyl (C=O) groups excluding carboxylic acids is 1. The molecule has 0 radical (unpaired) electrons. The third kappa shape index (κ3) is 5.25. The molecule has 2 heterocycles. The molecule has 0 atom stereocenters. The summed E-state index contributed by atoms with van der Waals surface area (Å²) in [5, 5.41) is 12.9. The Morgan fingerprint density at radius 1 is 1.42 bits per heavy atom. The summed E-state index contributed by atoms with van der Waals surface area (Å²) in [6.45, 7) is 6.60. The molecule has 9 nitrogen and oxygen atoms in total. The lowest BCUT2D eigenvalue weighted by atomic mass is 10.1. The number of aromatic nitrogens is 1. The Morgan fingerprint density at radius 3 is 2.67 bits per heavy atom. The Morgan fingerprint density at radius 2 is 2.08 bits per heavy atom. The fraction of sp³-hybridized carbons (Fsp3) is 0.600. The summed E-state index contributed by atoms with van der Waals surface area (Å²) in [5.74, 6) is 0.115. The van der Waals surface area contributed by atoms with Crippen LogP contribution in [0.2, 0.25) is 0 Å². The lowest BCUT2D eigenvalue weighted by Gasteiger charge is -2.34. The molecular weight excluding hydrogens is 316 g/mol. The predicted octanol–water partition coefficient (Wildman–Crippen LogP) is 2.46. The van der Waals surface area contributed by atoms with Gasteiger partial charge in [0.2, 0.25) is 0 Å². The molecule has 2 rings (SSSR count). The molecule has 1 saturated heterocycles. The van der Waals surface area contributed by atoms with E-state index < -0.39 is 10.7 Å². The minimum absolute atomic E-state index is 0.0713. The zero-order valence-electron chi connectivity index (χ0n) is 14.0. The fourth-order valence-corrected chi connectivity index (χ4v) is 2.40. The van der Waals surface area contributed by atoms with Crippen LogP contribution in [0.1, 0.15) is 33.6 Å². The number of nitrogens with zero attached hydrogens (tertiary/aromatic N) is 3. The maximum atomic E-state index is 12.0. The summed E-state index contributed by atoms with van der Waals surface area (Å²) in [5.41, 5.74) is -0.0543. The van der Waals surface area contributed by atoms with Gasteiger partial charge >= 0.3 is 6.09 Å². The van der Waals surface area contributed by atoms with Crippen molar-refractivity contribution in [3.8, 4) is 5.75 Å². The van der Waals surface area contributed by atoms with Crippen molar-refractivity contribution in [2.24, 2.45) is 0 Å². The van der Waals surface area contributed by atoms with Crippen LogP contribution < -0.4 is 10.2 Å². The highest BCUT2D eigenvalue weighted by Gasteiger charge is 2.27. The molecule has 1 aliphatic rings. The molecule has 0 saturated carbocycles. The van der Waals surface area contributed by atoms with Crippen LogP contribution in [0.25, 0.3) is 0 Å². The van der Waals surface area contributed by atoms with Gasteiger partial charge in [0.05, 0.1) is 11.9 Å². The van der Waals surface area contributed by atoms with Gasteiger partial charge < -0.3 is 15.0 Å². The van der Waals surface area contributed by atoms with Crippen molar-refractivity contribution in [2.45, 2.75) is 45.3 Å². The predicted molar refractivity (Wildman–Crippen MR) is 86.3 cm³/mol. The second-order valence-corrected chi connectivity index (χ2v) is 6.57. The van der Waals surface area contributed by atoms with E-state index in [2.05, 4.69) is 15.1 Å². The Balaban J connectivity index is 1.90. The largest absolute Gasteiger partial charge is 0.444 e. The number of pyridine rings is 1. The molecule has 1 aliphatic heterocycles. The van der Waals surface area contributed by atoms with E-state index in [4.69, 9.17) is 4.74 Å². The zero-order valence-corrected chi connectivity index (χ0v) is 14.0. The maximum absolute atomic E-state index is 12.0. The number of nitrogens with one attached hydrogen (secondary N) is 1. The zero-order chi connectivity index (χ0) is 17.7. The Kier molecular flexibility index (Phi) is 5.42. The van der Waals surface area contributed by atoms with Crippen LogP contribution in [-0.4, -0.2) is 45.8 Å². The molecule has 1 N–H and O–H groups in total. The van der Waals surface area contributed by atoms with Crippen LogP contribution in [0.5, 0.6) is 5.75 Å². The van der Waals surface area contributed by atoms with E-state index in [0.717, 1.165) is 0 Å². The highest BCUT2D eigenvalue weighted by atomic mass is 17.0. The number of hydrogen-bond donors (Lipinski definition) is 1. The molecule has 0 aromatic carbocycles.